The first-order chi connectivity index (χ1) is 5.31. The minimum Gasteiger partial charge on any atom is -0.316 e. The zero-order valence-electron chi connectivity index (χ0n) is 9.22. The van der Waals surface area contributed by atoms with Gasteiger partial charge in [0, 0.05) is 18.5 Å². The molecule has 0 amide bonds. The molecule has 1 rings (SSSR count). The maximum absolute atomic E-state index is 2.58. The second kappa shape index (κ2) is 3.00. The van der Waals surface area contributed by atoms with Crippen LogP contribution in [0.4, 0.5) is 0 Å². The van der Waals surface area contributed by atoms with Gasteiger partial charge in [0.2, 0.25) is 0 Å². The second-order valence-corrected chi connectivity index (χ2v) is 5.59. The lowest BCUT2D eigenvalue weighted by Crippen LogP contribution is -2.58. The van der Waals surface area contributed by atoms with Crippen molar-refractivity contribution in [2.45, 2.75) is 32.7 Å². The van der Waals surface area contributed by atoms with E-state index >= 15 is 0 Å². The van der Waals surface area contributed by atoms with Gasteiger partial charge in [-0.1, -0.05) is 0 Å². The predicted octanol–water partition coefficient (Wildman–Crippen LogP) is 1.52. The summed E-state index contributed by atoms with van der Waals surface area (Å²) < 4.78 is 1.15. The molecule has 2 heteroatoms. The molecule has 0 N–H and O–H groups in total. The van der Waals surface area contributed by atoms with Gasteiger partial charge in [-0.25, -0.2) is 0 Å². The zero-order valence-corrected chi connectivity index (χ0v) is 9.22. The zero-order chi connectivity index (χ0) is 9.41. The summed E-state index contributed by atoms with van der Waals surface area (Å²) in [6, 6.07) is 0. The van der Waals surface area contributed by atoms with Crippen LogP contribution >= 0.6 is 0 Å². The number of hydrogen-bond acceptors (Lipinski definition) is 1. The largest absolute Gasteiger partial charge is 0.316 e. The van der Waals surface area contributed by atoms with E-state index in [0.29, 0.717) is 5.54 Å². The topological polar surface area (TPSA) is 3.24 Å². The van der Waals surface area contributed by atoms with E-state index in [4.69, 9.17) is 0 Å². The van der Waals surface area contributed by atoms with Gasteiger partial charge < -0.3 is 4.48 Å². The Morgan fingerprint density at radius 3 is 2.08 bits per heavy atom. The van der Waals surface area contributed by atoms with E-state index < -0.39 is 0 Å². The van der Waals surface area contributed by atoms with Crippen LogP contribution in [0.3, 0.4) is 0 Å². The van der Waals surface area contributed by atoms with Crippen LogP contribution in [0, 0.1) is 0 Å². The molecule has 1 saturated heterocycles. The highest BCUT2D eigenvalue weighted by molar-refractivity contribution is 4.75. The van der Waals surface area contributed by atoms with Crippen molar-refractivity contribution < 1.29 is 4.48 Å². The third-order valence-corrected chi connectivity index (χ3v) is 2.69. The van der Waals surface area contributed by atoms with Gasteiger partial charge in [-0.2, -0.15) is 0 Å². The van der Waals surface area contributed by atoms with Crippen molar-refractivity contribution in [2.75, 3.05) is 33.9 Å². The molecular weight excluding hydrogens is 148 g/mol. The van der Waals surface area contributed by atoms with Gasteiger partial charge in [0.25, 0.3) is 0 Å². The van der Waals surface area contributed by atoms with E-state index in [1.165, 1.54) is 26.2 Å². The van der Waals surface area contributed by atoms with E-state index in [-0.39, 0.29) is 0 Å². The summed E-state index contributed by atoms with van der Waals surface area (Å²) >= 11 is 0. The smallest absolute Gasteiger partial charge is 0.135 e. The number of rotatable bonds is 0. The van der Waals surface area contributed by atoms with Crippen molar-refractivity contribution in [2.24, 2.45) is 0 Å². The Hall–Kier alpha value is -0.0800. The summed E-state index contributed by atoms with van der Waals surface area (Å²) in [6.45, 7) is 10.7. The highest BCUT2D eigenvalue weighted by Crippen LogP contribution is 2.20. The molecule has 1 aliphatic heterocycles. The maximum atomic E-state index is 2.58. The SMILES string of the molecule is CC(C)(C)N1CCC[N+](C)(C)C1. The Morgan fingerprint density at radius 2 is 1.75 bits per heavy atom. The second-order valence-electron chi connectivity index (χ2n) is 5.59. The van der Waals surface area contributed by atoms with Crippen LogP contribution in [0.2, 0.25) is 0 Å². The first-order valence-electron chi connectivity index (χ1n) is 4.88. The predicted molar refractivity (Wildman–Crippen MR) is 52.9 cm³/mol. The number of hydrogen-bond donors (Lipinski definition) is 0. The molecule has 1 fully saturated rings. The molecule has 0 aromatic carbocycles. The quantitative estimate of drug-likeness (QED) is 0.500. The van der Waals surface area contributed by atoms with Crippen LogP contribution in [0.5, 0.6) is 0 Å². The van der Waals surface area contributed by atoms with E-state index in [9.17, 15) is 0 Å². The van der Waals surface area contributed by atoms with Crippen LogP contribution in [0.25, 0.3) is 0 Å². The summed E-state index contributed by atoms with van der Waals surface area (Å²) in [5, 5.41) is 0. The third kappa shape index (κ3) is 2.46. The number of nitrogens with zero attached hydrogens (tertiary/aromatic N) is 2. The van der Waals surface area contributed by atoms with Gasteiger partial charge in [0.15, 0.2) is 0 Å². The maximum Gasteiger partial charge on any atom is 0.135 e. The molecule has 0 saturated carbocycles. The molecule has 0 bridgehead atoms. The van der Waals surface area contributed by atoms with Gasteiger partial charge in [0.1, 0.15) is 6.67 Å². The highest BCUT2D eigenvalue weighted by Gasteiger charge is 2.31. The van der Waals surface area contributed by atoms with Crippen molar-refractivity contribution in [3.63, 3.8) is 0 Å². The molecule has 0 spiro atoms. The van der Waals surface area contributed by atoms with Crippen molar-refractivity contribution in [1.29, 1.82) is 0 Å². The van der Waals surface area contributed by atoms with Crippen molar-refractivity contribution in [3.05, 3.63) is 0 Å². The van der Waals surface area contributed by atoms with Crippen LogP contribution in [-0.4, -0.2) is 48.8 Å². The molecule has 0 aromatic heterocycles. The highest BCUT2D eigenvalue weighted by atomic mass is 15.4. The summed E-state index contributed by atoms with van der Waals surface area (Å²) in [5.41, 5.74) is 0.343. The van der Waals surface area contributed by atoms with Gasteiger partial charge >= 0.3 is 0 Å². The molecule has 0 radical (unpaired) electrons. The molecule has 0 aliphatic carbocycles. The van der Waals surface area contributed by atoms with Crippen molar-refractivity contribution in [3.8, 4) is 0 Å². The normalized spacial score (nSPS) is 25.8. The molecule has 72 valence electrons. The lowest BCUT2D eigenvalue weighted by atomic mass is 10.0. The fourth-order valence-corrected chi connectivity index (χ4v) is 1.84. The van der Waals surface area contributed by atoms with E-state index in [0.717, 1.165) is 4.48 Å². The Labute approximate surface area is 76.7 Å². The summed E-state index contributed by atoms with van der Waals surface area (Å²) in [5.74, 6) is 0. The Kier molecular flexibility index (Phi) is 2.50. The van der Waals surface area contributed by atoms with E-state index in [1.54, 1.807) is 0 Å². The van der Waals surface area contributed by atoms with Crippen LogP contribution in [0.1, 0.15) is 27.2 Å². The summed E-state index contributed by atoms with van der Waals surface area (Å²) in [7, 11) is 4.63. The van der Waals surface area contributed by atoms with Gasteiger partial charge in [-0.3, -0.25) is 4.90 Å². The standard InChI is InChI=1S/C10H23N2/c1-10(2,3)11-7-6-8-12(4,5)9-11/h6-9H2,1-5H3/q+1. The van der Waals surface area contributed by atoms with Crippen LogP contribution < -0.4 is 0 Å². The Balaban J connectivity index is 2.58. The van der Waals surface area contributed by atoms with Gasteiger partial charge in [-0.15, -0.1) is 0 Å². The molecule has 0 aromatic rings. The van der Waals surface area contributed by atoms with E-state index in [1.807, 2.05) is 0 Å². The average molecular weight is 171 g/mol. The van der Waals surface area contributed by atoms with Crippen molar-refractivity contribution >= 4 is 0 Å². The first kappa shape index (κ1) is 10.0. The Morgan fingerprint density at radius 1 is 1.17 bits per heavy atom. The summed E-state index contributed by atoms with van der Waals surface area (Å²) in [4.78, 5) is 2.58. The van der Waals surface area contributed by atoms with Crippen molar-refractivity contribution in [1.82, 2.24) is 4.90 Å². The molecular formula is C10H23N2+. The minimum atomic E-state index is 0.343. The number of quaternary nitrogens is 1. The molecule has 12 heavy (non-hydrogen) atoms. The first-order valence-corrected chi connectivity index (χ1v) is 4.88. The van der Waals surface area contributed by atoms with Gasteiger partial charge in [0.05, 0.1) is 20.6 Å². The minimum absolute atomic E-state index is 0.343. The summed E-state index contributed by atoms with van der Waals surface area (Å²) in [6.07, 6.45) is 1.34. The van der Waals surface area contributed by atoms with Crippen LogP contribution in [0.15, 0.2) is 0 Å². The Bertz CT molecular complexity index is 152. The van der Waals surface area contributed by atoms with Crippen LogP contribution in [-0.2, 0) is 0 Å². The van der Waals surface area contributed by atoms with E-state index in [2.05, 4.69) is 39.8 Å². The lowest BCUT2D eigenvalue weighted by Gasteiger charge is -2.45. The third-order valence-electron chi connectivity index (χ3n) is 2.69. The molecule has 1 heterocycles. The monoisotopic (exact) mass is 171 g/mol. The molecule has 2 nitrogen and oxygen atoms in total. The fraction of sp³-hybridized carbons (Fsp3) is 1.00. The fourth-order valence-electron chi connectivity index (χ4n) is 1.84. The molecule has 1 aliphatic rings. The molecule has 0 unspecified atom stereocenters. The average Bonchev–Trinajstić information content (AvgIpc) is 1.83. The van der Waals surface area contributed by atoms with Gasteiger partial charge in [-0.05, 0) is 20.8 Å². The molecule has 0 atom stereocenters. The lowest BCUT2D eigenvalue weighted by molar-refractivity contribution is -0.907.